The van der Waals surface area contributed by atoms with Crippen LogP contribution in [0.25, 0.3) is 0 Å². The van der Waals surface area contributed by atoms with Crippen LogP contribution in [0.2, 0.25) is 0 Å². The molecule has 7 nitrogen and oxygen atoms in total. The Bertz CT molecular complexity index is 1110. The molecular formula is C23H25F5N6O. The third-order valence-electron chi connectivity index (χ3n) is 6.65. The molecule has 5 rings (SSSR count). The molecule has 1 atom stereocenters. The number of carbonyl (C=O) groups is 1. The molecule has 188 valence electrons. The highest BCUT2D eigenvalue weighted by Gasteiger charge is 2.40. The minimum Gasteiger partial charge on any atom is -0.342 e. The SMILES string of the molecule is O=C(CC1CC1)N1CCC(c2cc(Nc3cc(C(F)(F)F)ccn3)nc(N3CCC(F)(F)C3)n2)C1. The number of alkyl halides is 5. The van der Waals surface area contributed by atoms with Crippen molar-refractivity contribution in [1.82, 2.24) is 19.9 Å². The summed E-state index contributed by atoms with van der Waals surface area (Å²) in [5.74, 6) is -2.25. The molecule has 2 aliphatic heterocycles. The van der Waals surface area contributed by atoms with Gasteiger partial charge in [0.1, 0.15) is 11.6 Å². The Morgan fingerprint density at radius 1 is 1.11 bits per heavy atom. The minimum atomic E-state index is -4.54. The van der Waals surface area contributed by atoms with Gasteiger partial charge in [0.15, 0.2) is 0 Å². The van der Waals surface area contributed by atoms with Gasteiger partial charge in [0.2, 0.25) is 11.9 Å². The zero-order valence-electron chi connectivity index (χ0n) is 18.9. The van der Waals surface area contributed by atoms with Crippen molar-refractivity contribution in [3.8, 4) is 0 Å². The molecule has 3 aliphatic rings. The fourth-order valence-corrected chi connectivity index (χ4v) is 4.51. The second-order valence-corrected chi connectivity index (χ2v) is 9.53. The molecule has 35 heavy (non-hydrogen) atoms. The molecule has 1 unspecified atom stereocenters. The Hall–Kier alpha value is -3.05. The molecule has 2 saturated heterocycles. The van der Waals surface area contributed by atoms with Gasteiger partial charge in [0.05, 0.1) is 17.8 Å². The topological polar surface area (TPSA) is 74.2 Å². The van der Waals surface area contributed by atoms with Crippen LogP contribution in [0.15, 0.2) is 24.4 Å². The van der Waals surface area contributed by atoms with Crippen molar-refractivity contribution in [3.63, 3.8) is 0 Å². The Balaban J connectivity index is 1.40. The van der Waals surface area contributed by atoms with Crippen LogP contribution in [0, 0.1) is 5.92 Å². The van der Waals surface area contributed by atoms with Crippen LogP contribution in [0.4, 0.5) is 39.5 Å². The van der Waals surface area contributed by atoms with E-state index in [0.717, 1.165) is 31.2 Å². The molecule has 1 saturated carbocycles. The number of amides is 1. The van der Waals surface area contributed by atoms with Crippen LogP contribution in [0.1, 0.15) is 49.3 Å². The summed E-state index contributed by atoms with van der Waals surface area (Å²) in [5.41, 5.74) is -0.314. The number of anilines is 3. The van der Waals surface area contributed by atoms with Crippen molar-refractivity contribution in [3.05, 3.63) is 35.7 Å². The molecular weight excluding hydrogens is 471 g/mol. The van der Waals surface area contributed by atoms with Gasteiger partial charge >= 0.3 is 6.18 Å². The van der Waals surface area contributed by atoms with Crippen molar-refractivity contribution in [2.45, 2.75) is 50.1 Å². The first-order chi connectivity index (χ1) is 16.6. The number of aromatic nitrogens is 3. The number of halogens is 5. The molecule has 2 aromatic rings. The zero-order chi connectivity index (χ0) is 24.8. The maximum Gasteiger partial charge on any atom is 0.416 e. The van der Waals surface area contributed by atoms with E-state index < -0.39 is 24.2 Å². The number of hydrogen-bond acceptors (Lipinski definition) is 6. The highest BCUT2D eigenvalue weighted by Crippen LogP contribution is 2.36. The molecule has 0 spiro atoms. The summed E-state index contributed by atoms with van der Waals surface area (Å²) in [6, 6.07) is 3.32. The first kappa shape index (κ1) is 23.7. The fourth-order valence-electron chi connectivity index (χ4n) is 4.51. The third-order valence-corrected chi connectivity index (χ3v) is 6.65. The van der Waals surface area contributed by atoms with Crippen LogP contribution >= 0.6 is 0 Å². The van der Waals surface area contributed by atoms with Gasteiger partial charge in [-0.05, 0) is 37.3 Å². The van der Waals surface area contributed by atoms with E-state index in [1.807, 2.05) is 0 Å². The predicted octanol–water partition coefficient (Wildman–Crippen LogP) is 4.60. The van der Waals surface area contributed by atoms with Gasteiger partial charge in [-0.1, -0.05) is 0 Å². The van der Waals surface area contributed by atoms with Gasteiger partial charge in [-0.3, -0.25) is 4.79 Å². The number of likely N-dealkylation sites (tertiary alicyclic amines) is 1. The van der Waals surface area contributed by atoms with Gasteiger partial charge in [-0.25, -0.2) is 18.7 Å². The first-order valence-electron chi connectivity index (χ1n) is 11.7. The zero-order valence-corrected chi connectivity index (χ0v) is 18.9. The monoisotopic (exact) mass is 496 g/mol. The van der Waals surface area contributed by atoms with Crippen molar-refractivity contribution in [1.29, 1.82) is 0 Å². The van der Waals surface area contributed by atoms with E-state index in [4.69, 9.17) is 0 Å². The van der Waals surface area contributed by atoms with Gasteiger partial charge in [-0.2, -0.15) is 18.2 Å². The second kappa shape index (κ2) is 8.87. The van der Waals surface area contributed by atoms with Crippen LogP contribution in [0.3, 0.4) is 0 Å². The normalized spacial score (nSPS) is 22.0. The van der Waals surface area contributed by atoms with Crippen molar-refractivity contribution in [2.75, 3.05) is 36.4 Å². The lowest BCUT2D eigenvalue weighted by atomic mass is 10.0. The Kier molecular flexibility index (Phi) is 6.00. The van der Waals surface area contributed by atoms with E-state index >= 15 is 0 Å². The lowest BCUT2D eigenvalue weighted by Gasteiger charge is -2.20. The van der Waals surface area contributed by atoms with E-state index in [0.29, 0.717) is 37.5 Å². The smallest absolute Gasteiger partial charge is 0.342 e. The first-order valence-corrected chi connectivity index (χ1v) is 11.7. The summed E-state index contributed by atoms with van der Waals surface area (Å²) >= 11 is 0. The quantitative estimate of drug-likeness (QED) is 0.590. The van der Waals surface area contributed by atoms with E-state index in [2.05, 4.69) is 20.3 Å². The second-order valence-electron chi connectivity index (χ2n) is 9.53. The summed E-state index contributed by atoms with van der Waals surface area (Å²) in [6.45, 7) is 0.567. The number of nitrogens with zero attached hydrogens (tertiary/aromatic N) is 5. The van der Waals surface area contributed by atoms with E-state index in [-0.39, 0.29) is 42.4 Å². The van der Waals surface area contributed by atoms with E-state index in [9.17, 15) is 26.7 Å². The molecule has 1 aliphatic carbocycles. The molecule has 1 N–H and O–H groups in total. The molecule has 1 amide bonds. The Labute approximate surface area is 198 Å². The molecule has 0 radical (unpaired) electrons. The van der Waals surface area contributed by atoms with Crippen LogP contribution in [-0.4, -0.2) is 57.9 Å². The predicted molar refractivity (Wildman–Crippen MR) is 118 cm³/mol. The standard InChI is InChI=1S/C23H25F5N6O/c24-22(25)5-8-34(13-22)21-30-17(15-4-7-33(12-15)20(35)9-14-1-2-14)11-19(32-21)31-18-10-16(3-6-29-18)23(26,27)28/h3,6,10-11,14-15H,1-2,4-5,7-9,12-13H2,(H,29,30,31,32). The van der Waals surface area contributed by atoms with Gasteiger partial charge in [-0.15, -0.1) is 0 Å². The highest BCUT2D eigenvalue weighted by molar-refractivity contribution is 5.77. The lowest BCUT2D eigenvalue weighted by molar-refractivity contribution is -0.137. The van der Waals surface area contributed by atoms with Gasteiger partial charge in [0.25, 0.3) is 5.92 Å². The van der Waals surface area contributed by atoms with Crippen LogP contribution in [-0.2, 0) is 11.0 Å². The van der Waals surface area contributed by atoms with Crippen molar-refractivity contribution in [2.24, 2.45) is 5.92 Å². The average molecular weight is 496 g/mol. The van der Waals surface area contributed by atoms with E-state index in [1.54, 1.807) is 11.0 Å². The minimum absolute atomic E-state index is 0.0639. The van der Waals surface area contributed by atoms with Crippen LogP contribution in [0.5, 0.6) is 0 Å². The van der Waals surface area contributed by atoms with Gasteiger partial charge < -0.3 is 15.1 Å². The number of hydrogen-bond donors (Lipinski definition) is 1. The molecule has 12 heteroatoms. The molecule has 0 bridgehead atoms. The Morgan fingerprint density at radius 2 is 1.91 bits per heavy atom. The van der Waals surface area contributed by atoms with E-state index in [1.165, 1.54) is 4.90 Å². The maximum absolute atomic E-state index is 13.9. The summed E-state index contributed by atoms with van der Waals surface area (Å²) in [5, 5.41) is 2.78. The molecule has 2 aromatic heterocycles. The average Bonchev–Trinajstić information content (AvgIpc) is 3.32. The summed E-state index contributed by atoms with van der Waals surface area (Å²) < 4.78 is 67.1. The number of carbonyl (C=O) groups excluding carboxylic acids is 1. The summed E-state index contributed by atoms with van der Waals surface area (Å²) in [6.07, 6.45) is -0.471. The van der Waals surface area contributed by atoms with Gasteiger partial charge in [0, 0.05) is 50.7 Å². The molecule has 0 aromatic carbocycles. The largest absolute Gasteiger partial charge is 0.416 e. The summed E-state index contributed by atoms with van der Waals surface area (Å²) in [7, 11) is 0. The number of rotatable bonds is 6. The molecule has 3 fully saturated rings. The lowest BCUT2D eigenvalue weighted by Crippen LogP contribution is -2.29. The molecule has 4 heterocycles. The highest BCUT2D eigenvalue weighted by atomic mass is 19.4. The maximum atomic E-state index is 13.9. The van der Waals surface area contributed by atoms with Crippen LogP contribution < -0.4 is 10.2 Å². The number of nitrogens with one attached hydrogen (secondary N) is 1. The fraction of sp³-hybridized carbons (Fsp3) is 0.565. The number of pyridine rings is 1. The summed E-state index contributed by atoms with van der Waals surface area (Å²) in [4.78, 5) is 28.5. The van der Waals surface area contributed by atoms with Crippen molar-refractivity contribution >= 4 is 23.5 Å². The third kappa shape index (κ3) is 5.62. The Morgan fingerprint density at radius 3 is 2.60 bits per heavy atom. The van der Waals surface area contributed by atoms with Crippen molar-refractivity contribution < 1.29 is 26.7 Å².